The van der Waals surface area contributed by atoms with Crippen molar-refractivity contribution in [1.29, 1.82) is 0 Å². The third-order valence-corrected chi connectivity index (χ3v) is 4.19. The number of para-hydroxylation sites is 1. The van der Waals surface area contributed by atoms with Crippen molar-refractivity contribution in [3.63, 3.8) is 0 Å². The van der Waals surface area contributed by atoms with Crippen molar-refractivity contribution in [2.75, 3.05) is 25.0 Å². The molecule has 0 aromatic heterocycles. The van der Waals surface area contributed by atoms with Crippen molar-refractivity contribution in [2.45, 2.75) is 34.6 Å². The van der Waals surface area contributed by atoms with Crippen LogP contribution < -0.4 is 5.32 Å². The number of Topliss-reactive ketones (excluding diaryl/α,β-unsaturated/α-hetero) is 1. The standard InChI is InChI=1S/C14H22N2O.C8H8O/c1-5-16(6-2)10-13(17)15-14-11(3)8-7-9-12(14)4;1-7(9)8-5-3-2-4-6-8/h7-9H,5-6,10H2,1-4H3,(H,15,17);2-6H,1H3. The zero-order chi connectivity index (χ0) is 19.5. The maximum atomic E-state index is 11.9. The lowest BCUT2D eigenvalue weighted by molar-refractivity contribution is -0.117. The second kappa shape index (κ2) is 11.2. The van der Waals surface area contributed by atoms with Crippen LogP contribution in [-0.4, -0.2) is 36.2 Å². The van der Waals surface area contributed by atoms with Crippen molar-refractivity contribution in [3.05, 3.63) is 65.2 Å². The maximum absolute atomic E-state index is 11.9. The topological polar surface area (TPSA) is 49.4 Å². The van der Waals surface area contributed by atoms with E-state index in [2.05, 4.69) is 24.1 Å². The summed E-state index contributed by atoms with van der Waals surface area (Å²) in [6.07, 6.45) is 0. The summed E-state index contributed by atoms with van der Waals surface area (Å²) >= 11 is 0. The van der Waals surface area contributed by atoms with Gasteiger partial charge in [-0.05, 0) is 45.0 Å². The van der Waals surface area contributed by atoms with Crippen molar-refractivity contribution >= 4 is 17.4 Å². The Bertz CT molecular complexity index is 687. The number of carbonyl (C=O) groups excluding carboxylic acids is 2. The largest absolute Gasteiger partial charge is 0.324 e. The SMILES string of the molecule is CC(=O)c1ccccc1.CCN(CC)CC(=O)Nc1c(C)cccc1C. The summed E-state index contributed by atoms with van der Waals surface area (Å²) in [5.74, 6) is 0.182. The molecule has 0 aliphatic rings. The average molecular weight is 354 g/mol. The summed E-state index contributed by atoms with van der Waals surface area (Å²) in [5.41, 5.74) is 3.94. The van der Waals surface area contributed by atoms with Crippen molar-refractivity contribution in [1.82, 2.24) is 4.90 Å². The van der Waals surface area contributed by atoms with Crippen LogP contribution in [0.5, 0.6) is 0 Å². The van der Waals surface area contributed by atoms with Gasteiger partial charge < -0.3 is 5.32 Å². The fraction of sp³-hybridized carbons (Fsp3) is 0.364. The molecule has 4 heteroatoms. The Kier molecular flexibility index (Phi) is 9.31. The van der Waals surface area contributed by atoms with Crippen molar-refractivity contribution < 1.29 is 9.59 Å². The van der Waals surface area contributed by atoms with Crippen LogP contribution in [-0.2, 0) is 4.79 Å². The Morgan fingerprint density at radius 1 is 0.885 bits per heavy atom. The molecule has 0 saturated carbocycles. The van der Waals surface area contributed by atoms with E-state index >= 15 is 0 Å². The van der Waals surface area contributed by atoms with Crippen LogP contribution in [0.15, 0.2) is 48.5 Å². The molecule has 4 nitrogen and oxygen atoms in total. The molecule has 0 bridgehead atoms. The summed E-state index contributed by atoms with van der Waals surface area (Å²) in [4.78, 5) is 24.6. The molecular weight excluding hydrogens is 324 g/mol. The third-order valence-electron chi connectivity index (χ3n) is 4.19. The van der Waals surface area contributed by atoms with Gasteiger partial charge in [-0.2, -0.15) is 0 Å². The van der Waals surface area contributed by atoms with Gasteiger partial charge in [-0.25, -0.2) is 0 Å². The first kappa shape index (κ1) is 21.6. The van der Waals surface area contributed by atoms with Gasteiger partial charge in [0.15, 0.2) is 5.78 Å². The van der Waals surface area contributed by atoms with E-state index in [4.69, 9.17) is 0 Å². The third kappa shape index (κ3) is 7.19. The minimum atomic E-state index is 0.0612. The van der Waals surface area contributed by atoms with E-state index < -0.39 is 0 Å². The van der Waals surface area contributed by atoms with Crippen LogP contribution in [0.2, 0.25) is 0 Å². The number of ketones is 1. The van der Waals surface area contributed by atoms with E-state index in [9.17, 15) is 9.59 Å². The lowest BCUT2D eigenvalue weighted by atomic mass is 10.1. The fourth-order valence-corrected chi connectivity index (χ4v) is 2.51. The molecule has 26 heavy (non-hydrogen) atoms. The summed E-state index contributed by atoms with van der Waals surface area (Å²) in [7, 11) is 0. The molecule has 0 aliphatic heterocycles. The molecule has 2 rings (SSSR count). The lowest BCUT2D eigenvalue weighted by Gasteiger charge is -2.18. The normalized spacial score (nSPS) is 10.1. The highest BCUT2D eigenvalue weighted by Gasteiger charge is 2.10. The number of anilines is 1. The highest BCUT2D eigenvalue weighted by molar-refractivity contribution is 5.94. The molecule has 0 unspecified atom stereocenters. The number of nitrogens with zero attached hydrogens (tertiary/aromatic N) is 1. The van der Waals surface area contributed by atoms with Crippen LogP contribution in [0.3, 0.4) is 0 Å². The molecule has 140 valence electrons. The van der Waals surface area contributed by atoms with Gasteiger partial charge in [0, 0.05) is 11.3 Å². The summed E-state index contributed by atoms with van der Waals surface area (Å²) in [6, 6.07) is 15.3. The number of hydrogen-bond acceptors (Lipinski definition) is 3. The Balaban J connectivity index is 0.000000314. The minimum absolute atomic E-state index is 0.0612. The average Bonchev–Trinajstić information content (AvgIpc) is 2.64. The molecule has 0 atom stereocenters. The molecule has 0 spiro atoms. The van der Waals surface area contributed by atoms with E-state index in [1.54, 1.807) is 6.92 Å². The summed E-state index contributed by atoms with van der Waals surface area (Å²) in [6.45, 7) is 12.0. The Hall–Kier alpha value is -2.46. The minimum Gasteiger partial charge on any atom is -0.324 e. The van der Waals surface area contributed by atoms with Gasteiger partial charge in [-0.3, -0.25) is 14.5 Å². The van der Waals surface area contributed by atoms with Crippen LogP contribution >= 0.6 is 0 Å². The predicted octanol–water partition coefficient (Wildman–Crippen LogP) is 4.47. The first-order chi connectivity index (χ1) is 12.4. The van der Waals surface area contributed by atoms with Crippen molar-refractivity contribution in [2.24, 2.45) is 0 Å². The van der Waals surface area contributed by atoms with Crippen molar-refractivity contribution in [3.8, 4) is 0 Å². The fourth-order valence-electron chi connectivity index (χ4n) is 2.51. The van der Waals surface area contributed by atoms with Gasteiger partial charge in [0.25, 0.3) is 0 Å². The summed E-state index contributed by atoms with van der Waals surface area (Å²) in [5, 5.41) is 3.00. The Morgan fingerprint density at radius 2 is 1.42 bits per heavy atom. The van der Waals surface area contributed by atoms with Gasteiger partial charge >= 0.3 is 0 Å². The Labute approximate surface area is 157 Å². The second-order valence-electron chi connectivity index (χ2n) is 6.20. The number of rotatable bonds is 6. The number of hydrogen-bond donors (Lipinski definition) is 1. The predicted molar refractivity (Wildman–Crippen MR) is 109 cm³/mol. The zero-order valence-electron chi connectivity index (χ0n) is 16.5. The second-order valence-corrected chi connectivity index (χ2v) is 6.20. The van der Waals surface area contributed by atoms with Gasteiger partial charge in [0.05, 0.1) is 6.54 Å². The lowest BCUT2D eigenvalue weighted by Crippen LogP contribution is -2.33. The number of nitrogens with one attached hydrogen (secondary N) is 1. The van der Waals surface area contributed by atoms with Crippen LogP contribution in [0.25, 0.3) is 0 Å². The van der Waals surface area contributed by atoms with Crippen LogP contribution in [0.4, 0.5) is 5.69 Å². The zero-order valence-corrected chi connectivity index (χ0v) is 16.5. The smallest absolute Gasteiger partial charge is 0.238 e. The molecule has 0 saturated heterocycles. The number of amides is 1. The van der Waals surface area contributed by atoms with E-state index in [0.29, 0.717) is 6.54 Å². The van der Waals surface area contributed by atoms with E-state index in [-0.39, 0.29) is 11.7 Å². The quantitative estimate of drug-likeness (QED) is 0.779. The van der Waals surface area contributed by atoms with Gasteiger partial charge in [-0.1, -0.05) is 62.4 Å². The Morgan fingerprint density at radius 3 is 1.85 bits per heavy atom. The van der Waals surface area contributed by atoms with Crippen LogP contribution in [0, 0.1) is 13.8 Å². The molecule has 1 N–H and O–H groups in total. The highest BCUT2D eigenvalue weighted by Crippen LogP contribution is 2.19. The number of carbonyl (C=O) groups is 2. The first-order valence-corrected chi connectivity index (χ1v) is 9.03. The number of benzene rings is 2. The van der Waals surface area contributed by atoms with Gasteiger partial charge in [0.1, 0.15) is 0 Å². The molecule has 0 fully saturated rings. The monoisotopic (exact) mass is 354 g/mol. The number of likely N-dealkylation sites (N-methyl/N-ethyl adjacent to an activating group) is 1. The maximum Gasteiger partial charge on any atom is 0.238 e. The van der Waals surface area contributed by atoms with Gasteiger partial charge in [-0.15, -0.1) is 0 Å². The molecule has 2 aromatic carbocycles. The van der Waals surface area contributed by atoms with E-state index in [1.165, 1.54) is 0 Å². The first-order valence-electron chi connectivity index (χ1n) is 9.03. The molecular formula is C22H30N2O2. The highest BCUT2D eigenvalue weighted by atomic mass is 16.2. The molecule has 2 aromatic rings. The summed E-state index contributed by atoms with van der Waals surface area (Å²) < 4.78 is 0. The molecule has 0 aliphatic carbocycles. The molecule has 0 radical (unpaired) electrons. The molecule has 0 heterocycles. The van der Waals surface area contributed by atoms with E-state index in [0.717, 1.165) is 35.5 Å². The molecule has 1 amide bonds. The van der Waals surface area contributed by atoms with Crippen LogP contribution in [0.1, 0.15) is 42.3 Å². The number of aryl methyl sites for hydroxylation is 2. The van der Waals surface area contributed by atoms with Gasteiger partial charge in [0.2, 0.25) is 5.91 Å². The van der Waals surface area contributed by atoms with E-state index in [1.807, 2.05) is 62.4 Å².